The Balaban J connectivity index is 2.26. The first-order valence-electron chi connectivity index (χ1n) is 5.16. The van der Waals surface area contributed by atoms with Crippen molar-refractivity contribution in [2.45, 2.75) is 0 Å². The quantitative estimate of drug-likeness (QED) is 0.485. The van der Waals surface area contributed by atoms with Gasteiger partial charge < -0.3 is 15.5 Å². The predicted octanol–water partition coefficient (Wildman–Crippen LogP) is 2.27. The number of aromatic nitrogens is 2. The van der Waals surface area contributed by atoms with Crippen molar-refractivity contribution in [2.24, 2.45) is 0 Å². The molecule has 2 aromatic rings. The number of aromatic hydroxyl groups is 1. The number of carboxylic acid groups (broad SMARTS) is 1. The molecule has 1 amide bonds. The number of aromatic amines is 1. The number of amides is 1. The molecule has 0 spiro atoms. The number of carbonyl (C=O) groups is 2. The fourth-order valence-corrected chi connectivity index (χ4v) is 3.26. The van der Waals surface area contributed by atoms with Gasteiger partial charge in [0.15, 0.2) is 5.82 Å². The highest BCUT2D eigenvalue weighted by molar-refractivity contribution is 14.1. The number of anilines is 1. The summed E-state index contributed by atoms with van der Waals surface area (Å²) in [5, 5.41) is 27.0. The van der Waals surface area contributed by atoms with Crippen LogP contribution in [0.2, 0.25) is 0 Å². The predicted molar refractivity (Wildman–Crippen MR) is 87.0 cm³/mol. The maximum absolute atomic E-state index is 12.0. The lowest BCUT2D eigenvalue weighted by atomic mass is 10.2. The van der Waals surface area contributed by atoms with Gasteiger partial charge in [-0.05, 0) is 57.3 Å². The van der Waals surface area contributed by atoms with E-state index in [1.807, 2.05) is 45.2 Å². The Morgan fingerprint density at radius 3 is 2.55 bits per heavy atom. The third-order valence-electron chi connectivity index (χ3n) is 2.32. The molecule has 1 aromatic heterocycles. The Hall–Kier alpha value is -1.37. The minimum absolute atomic E-state index is 0.0701. The lowest BCUT2D eigenvalue weighted by Gasteiger charge is -2.07. The molecule has 0 radical (unpaired) electrons. The highest BCUT2D eigenvalue weighted by Gasteiger charge is 2.17. The van der Waals surface area contributed by atoms with Crippen molar-refractivity contribution in [1.82, 2.24) is 10.2 Å². The fraction of sp³-hybridized carbons (Fsp3) is 0. The zero-order valence-corrected chi connectivity index (χ0v) is 14.0. The summed E-state index contributed by atoms with van der Waals surface area (Å²) in [6, 6.07) is 4.44. The molecule has 2 rings (SSSR count). The molecule has 0 saturated carbocycles. The van der Waals surface area contributed by atoms with E-state index in [0.29, 0.717) is 3.57 Å². The third kappa shape index (κ3) is 3.20. The summed E-state index contributed by atoms with van der Waals surface area (Å²) in [5.74, 6) is -1.80. The van der Waals surface area contributed by atoms with E-state index in [-0.39, 0.29) is 22.8 Å². The zero-order chi connectivity index (χ0) is 14.9. The lowest BCUT2D eigenvalue weighted by molar-refractivity contribution is 0.0690. The minimum atomic E-state index is -1.18. The summed E-state index contributed by atoms with van der Waals surface area (Å²) >= 11 is 3.95. The largest absolute Gasteiger partial charge is 0.506 e. The number of halogens is 2. The summed E-state index contributed by atoms with van der Waals surface area (Å²) in [6.07, 6.45) is 0. The summed E-state index contributed by atoms with van der Waals surface area (Å²) in [5.41, 5.74) is -0.0390. The van der Waals surface area contributed by atoms with Crippen LogP contribution >= 0.6 is 45.2 Å². The van der Waals surface area contributed by atoms with Crippen molar-refractivity contribution in [2.75, 3.05) is 5.32 Å². The van der Waals surface area contributed by atoms with Crippen LogP contribution < -0.4 is 5.32 Å². The van der Waals surface area contributed by atoms with Gasteiger partial charge in [0.05, 0.1) is 9.13 Å². The van der Waals surface area contributed by atoms with Gasteiger partial charge in [0.1, 0.15) is 11.4 Å². The van der Waals surface area contributed by atoms with Crippen molar-refractivity contribution < 1.29 is 19.8 Å². The zero-order valence-electron chi connectivity index (χ0n) is 9.65. The highest BCUT2D eigenvalue weighted by Crippen LogP contribution is 2.27. The maximum atomic E-state index is 12.0. The van der Waals surface area contributed by atoms with Crippen LogP contribution in [0.5, 0.6) is 5.75 Å². The molecule has 0 bridgehead atoms. The molecule has 9 heteroatoms. The van der Waals surface area contributed by atoms with E-state index in [2.05, 4.69) is 15.5 Å². The van der Waals surface area contributed by atoms with Crippen LogP contribution in [-0.4, -0.2) is 32.3 Å². The number of nitrogens with one attached hydrogen (secondary N) is 2. The molecule has 0 aliphatic heterocycles. The van der Waals surface area contributed by atoms with E-state index in [0.717, 1.165) is 3.57 Å². The van der Waals surface area contributed by atoms with Gasteiger partial charge >= 0.3 is 5.97 Å². The van der Waals surface area contributed by atoms with Crippen LogP contribution in [0, 0.1) is 7.14 Å². The summed E-state index contributed by atoms with van der Waals surface area (Å²) < 4.78 is 1.34. The number of carbonyl (C=O) groups excluding carboxylic acids is 1. The normalized spacial score (nSPS) is 10.3. The summed E-state index contributed by atoms with van der Waals surface area (Å²) in [6.45, 7) is 0. The van der Waals surface area contributed by atoms with E-state index < -0.39 is 11.9 Å². The minimum Gasteiger partial charge on any atom is -0.506 e. The number of aromatic carboxylic acids is 1. The summed E-state index contributed by atoms with van der Waals surface area (Å²) in [7, 11) is 0. The van der Waals surface area contributed by atoms with Gasteiger partial charge in [-0.3, -0.25) is 9.89 Å². The van der Waals surface area contributed by atoms with Crippen molar-refractivity contribution in [1.29, 1.82) is 0 Å². The molecule has 1 heterocycles. The monoisotopic (exact) mass is 499 g/mol. The smallest absolute Gasteiger partial charge is 0.353 e. The molecule has 1 aromatic carbocycles. The number of H-pyrrole nitrogens is 1. The molecule has 7 nitrogen and oxygen atoms in total. The molecule has 20 heavy (non-hydrogen) atoms. The first kappa shape index (κ1) is 15.0. The van der Waals surface area contributed by atoms with Crippen LogP contribution in [0.4, 0.5) is 5.82 Å². The van der Waals surface area contributed by atoms with Crippen molar-refractivity contribution in [3.63, 3.8) is 0 Å². The van der Waals surface area contributed by atoms with Gasteiger partial charge in [-0.1, -0.05) is 0 Å². The lowest BCUT2D eigenvalue weighted by Crippen LogP contribution is -2.13. The molecule has 0 saturated heterocycles. The van der Waals surface area contributed by atoms with Crippen LogP contribution in [0.25, 0.3) is 0 Å². The molecule has 0 aliphatic rings. The van der Waals surface area contributed by atoms with E-state index in [4.69, 9.17) is 5.11 Å². The van der Waals surface area contributed by atoms with Crippen molar-refractivity contribution in [3.05, 3.63) is 36.6 Å². The Kier molecular flexibility index (Phi) is 4.47. The van der Waals surface area contributed by atoms with Gasteiger partial charge in [-0.15, -0.1) is 0 Å². The van der Waals surface area contributed by atoms with Gasteiger partial charge in [-0.2, -0.15) is 5.10 Å². The van der Waals surface area contributed by atoms with Gasteiger partial charge in [-0.25, -0.2) is 4.79 Å². The van der Waals surface area contributed by atoms with Crippen LogP contribution in [-0.2, 0) is 0 Å². The highest BCUT2D eigenvalue weighted by atomic mass is 127. The molecule has 4 N–H and O–H groups in total. The second kappa shape index (κ2) is 5.95. The molecular formula is C11H7I2N3O4. The van der Waals surface area contributed by atoms with E-state index in [1.54, 1.807) is 6.07 Å². The average molecular weight is 499 g/mol. The molecule has 0 atom stereocenters. The summed E-state index contributed by atoms with van der Waals surface area (Å²) in [4.78, 5) is 22.7. The number of hydrogen-bond donors (Lipinski definition) is 4. The van der Waals surface area contributed by atoms with E-state index >= 15 is 0 Å². The van der Waals surface area contributed by atoms with Crippen LogP contribution in [0.1, 0.15) is 20.8 Å². The molecular weight excluding hydrogens is 492 g/mol. The molecule has 0 unspecified atom stereocenters. The molecule has 0 fully saturated rings. The topological polar surface area (TPSA) is 115 Å². The Morgan fingerprint density at radius 1 is 1.25 bits per heavy atom. The number of benzene rings is 1. The van der Waals surface area contributed by atoms with Gasteiger partial charge in [0.2, 0.25) is 0 Å². The average Bonchev–Trinajstić information content (AvgIpc) is 2.82. The van der Waals surface area contributed by atoms with Crippen molar-refractivity contribution >= 4 is 62.9 Å². The number of hydrogen-bond acceptors (Lipinski definition) is 4. The van der Waals surface area contributed by atoms with E-state index in [9.17, 15) is 14.7 Å². The molecule has 104 valence electrons. The van der Waals surface area contributed by atoms with Crippen LogP contribution in [0.3, 0.4) is 0 Å². The Bertz CT molecular complexity index is 699. The second-order valence-electron chi connectivity index (χ2n) is 3.71. The third-order valence-corrected chi connectivity index (χ3v) is 3.77. The van der Waals surface area contributed by atoms with E-state index in [1.165, 1.54) is 12.1 Å². The maximum Gasteiger partial charge on any atom is 0.353 e. The van der Waals surface area contributed by atoms with Gasteiger partial charge in [0.25, 0.3) is 5.91 Å². The number of phenols is 1. The molecule has 0 aliphatic carbocycles. The SMILES string of the molecule is O=C(O)c1cc(NC(=O)c2cc(I)cc(I)c2O)n[nH]1. The number of nitrogens with zero attached hydrogens (tertiary/aromatic N) is 1. The second-order valence-corrected chi connectivity index (χ2v) is 6.12. The number of phenolic OH excluding ortho intramolecular Hbond substituents is 1. The van der Waals surface area contributed by atoms with Crippen LogP contribution in [0.15, 0.2) is 18.2 Å². The Labute approximate surface area is 140 Å². The Morgan fingerprint density at radius 2 is 1.95 bits per heavy atom. The van der Waals surface area contributed by atoms with Gasteiger partial charge in [0, 0.05) is 9.64 Å². The van der Waals surface area contributed by atoms with Crippen molar-refractivity contribution in [3.8, 4) is 5.75 Å². The first-order chi connectivity index (χ1) is 9.38. The first-order valence-corrected chi connectivity index (χ1v) is 7.32. The standard InChI is InChI=1S/C11H7I2N3O4/c12-4-1-5(9(17)6(13)2-4)10(18)14-8-3-7(11(19)20)15-16-8/h1-3,17H,(H,19,20)(H2,14,15,16,18). The number of rotatable bonds is 3. The number of carboxylic acids is 1. The fourth-order valence-electron chi connectivity index (χ4n) is 1.42.